The molecule has 2 aromatic carbocycles. The summed E-state index contributed by atoms with van der Waals surface area (Å²) in [5.41, 5.74) is 1.71. The lowest BCUT2D eigenvalue weighted by Crippen LogP contribution is -2.23. The second kappa shape index (κ2) is 8.75. The van der Waals surface area contributed by atoms with E-state index in [1.165, 1.54) is 16.7 Å². The number of esters is 1. The first kappa shape index (κ1) is 19.7. The third-order valence-corrected chi connectivity index (χ3v) is 4.98. The molecule has 1 amide bonds. The van der Waals surface area contributed by atoms with Crippen LogP contribution in [0.2, 0.25) is 0 Å². The van der Waals surface area contributed by atoms with Crippen molar-refractivity contribution in [1.82, 2.24) is 4.90 Å². The van der Waals surface area contributed by atoms with Crippen LogP contribution in [-0.2, 0) is 9.53 Å². The number of phenols is 1. The van der Waals surface area contributed by atoms with E-state index in [4.69, 9.17) is 4.74 Å². The molecule has 1 heterocycles. The maximum absolute atomic E-state index is 12.5. The van der Waals surface area contributed by atoms with Crippen molar-refractivity contribution in [2.45, 2.75) is 13.3 Å². The molecule has 0 aromatic heterocycles. The summed E-state index contributed by atoms with van der Waals surface area (Å²) in [5, 5.41) is 10.1. The van der Waals surface area contributed by atoms with Crippen LogP contribution in [0.3, 0.4) is 0 Å². The van der Waals surface area contributed by atoms with Crippen molar-refractivity contribution >= 4 is 40.6 Å². The maximum Gasteiger partial charge on any atom is 0.338 e. The van der Waals surface area contributed by atoms with Crippen LogP contribution in [0.15, 0.2) is 58.4 Å². The molecule has 1 fully saturated rings. The molecule has 1 saturated heterocycles. The second-order valence-corrected chi connectivity index (χ2v) is 7.16. The minimum absolute atomic E-state index is 0.138. The Kier molecular flexibility index (Phi) is 6.16. The number of phenolic OH excluding ortho intramolecular Hbond substituents is 1. The van der Waals surface area contributed by atoms with Gasteiger partial charge in [-0.15, -0.1) is 0 Å². The molecule has 28 heavy (non-hydrogen) atoms. The highest BCUT2D eigenvalue weighted by molar-refractivity contribution is 8.18. The second-order valence-electron chi connectivity index (χ2n) is 6.15. The molecule has 7 heteroatoms. The number of thioether (sulfide) groups is 1. The summed E-state index contributed by atoms with van der Waals surface area (Å²) < 4.78 is 5.15. The van der Waals surface area contributed by atoms with E-state index in [9.17, 15) is 14.7 Å². The first-order valence-electron chi connectivity index (χ1n) is 8.80. The maximum atomic E-state index is 12.5. The van der Waals surface area contributed by atoms with Gasteiger partial charge in [0.2, 0.25) is 0 Å². The van der Waals surface area contributed by atoms with Gasteiger partial charge in [0.15, 0.2) is 5.17 Å². The van der Waals surface area contributed by atoms with Gasteiger partial charge in [0.05, 0.1) is 22.8 Å². The third kappa shape index (κ3) is 4.61. The highest BCUT2D eigenvalue weighted by atomic mass is 32.2. The summed E-state index contributed by atoms with van der Waals surface area (Å²) in [7, 11) is 1.65. The Hall–Kier alpha value is -3.06. The molecule has 0 bridgehead atoms. The number of likely N-dealkylation sites (N-methyl/N-ethyl adjacent to an activating group) is 1. The summed E-state index contributed by atoms with van der Waals surface area (Å²) in [6.45, 7) is 2.30. The quantitative estimate of drug-likeness (QED) is 0.605. The van der Waals surface area contributed by atoms with Crippen molar-refractivity contribution in [3.05, 3.63) is 64.6 Å². The van der Waals surface area contributed by atoms with E-state index >= 15 is 0 Å². The predicted molar refractivity (Wildman–Crippen MR) is 111 cm³/mol. The summed E-state index contributed by atoms with van der Waals surface area (Å²) >= 11 is 1.24. The number of rotatable bonds is 5. The van der Waals surface area contributed by atoms with Gasteiger partial charge in [0.1, 0.15) is 5.75 Å². The summed E-state index contributed by atoms with van der Waals surface area (Å²) in [6.07, 6.45) is 2.47. The normalized spacial score (nSPS) is 16.8. The SMILES string of the molecule is CCCOC(=O)c1cccc(N=C2S/C(=C/c3cccc(O)c3)C(=O)N2C)c1. The van der Waals surface area contributed by atoms with Crippen molar-refractivity contribution in [3.63, 3.8) is 0 Å². The Morgan fingerprint density at radius 1 is 1.25 bits per heavy atom. The van der Waals surface area contributed by atoms with E-state index in [0.717, 1.165) is 12.0 Å². The van der Waals surface area contributed by atoms with Crippen LogP contribution in [-0.4, -0.2) is 40.7 Å². The number of ether oxygens (including phenoxy) is 1. The molecular weight excluding hydrogens is 376 g/mol. The monoisotopic (exact) mass is 396 g/mol. The molecule has 0 atom stereocenters. The van der Waals surface area contributed by atoms with Crippen molar-refractivity contribution < 1.29 is 19.4 Å². The number of aliphatic imine (C=N–C) groups is 1. The van der Waals surface area contributed by atoms with Gasteiger partial charge >= 0.3 is 5.97 Å². The molecule has 0 spiro atoms. The third-order valence-electron chi connectivity index (χ3n) is 3.92. The van der Waals surface area contributed by atoms with Gasteiger partial charge < -0.3 is 9.84 Å². The number of hydrogen-bond donors (Lipinski definition) is 1. The summed E-state index contributed by atoms with van der Waals surface area (Å²) in [5.74, 6) is -0.429. The molecule has 3 rings (SSSR count). The fourth-order valence-electron chi connectivity index (χ4n) is 2.51. The fraction of sp³-hybridized carbons (Fsp3) is 0.190. The Morgan fingerprint density at radius 2 is 2.04 bits per heavy atom. The van der Waals surface area contributed by atoms with E-state index in [1.807, 2.05) is 6.92 Å². The molecule has 0 saturated carbocycles. The van der Waals surface area contributed by atoms with Crippen LogP contribution in [0.1, 0.15) is 29.3 Å². The minimum Gasteiger partial charge on any atom is -0.508 e. The first-order valence-corrected chi connectivity index (χ1v) is 9.62. The number of hydrogen-bond acceptors (Lipinski definition) is 6. The molecule has 0 radical (unpaired) electrons. The average Bonchev–Trinajstić information content (AvgIpc) is 2.94. The molecule has 2 aromatic rings. The number of amides is 1. The van der Waals surface area contributed by atoms with Gasteiger partial charge in [-0.3, -0.25) is 9.69 Å². The molecule has 0 unspecified atom stereocenters. The Labute approximate surface area is 167 Å². The Balaban J connectivity index is 1.83. The van der Waals surface area contributed by atoms with Gasteiger partial charge in [-0.1, -0.05) is 25.1 Å². The van der Waals surface area contributed by atoms with Gasteiger partial charge in [-0.2, -0.15) is 0 Å². The summed E-state index contributed by atoms with van der Waals surface area (Å²) in [6, 6.07) is 13.5. The lowest BCUT2D eigenvalue weighted by Gasteiger charge is -2.08. The molecule has 144 valence electrons. The molecule has 1 aliphatic rings. The molecular formula is C21H20N2O4S. The number of nitrogens with zero attached hydrogens (tertiary/aromatic N) is 2. The van der Waals surface area contributed by atoms with Crippen LogP contribution < -0.4 is 0 Å². The largest absolute Gasteiger partial charge is 0.508 e. The lowest BCUT2D eigenvalue weighted by atomic mass is 10.2. The van der Waals surface area contributed by atoms with Gasteiger partial charge in [0.25, 0.3) is 5.91 Å². The number of amidine groups is 1. The highest BCUT2D eigenvalue weighted by Crippen LogP contribution is 2.33. The van der Waals surface area contributed by atoms with Gasteiger partial charge in [0, 0.05) is 7.05 Å². The molecule has 0 aliphatic carbocycles. The van der Waals surface area contributed by atoms with Crippen molar-refractivity contribution in [2.75, 3.05) is 13.7 Å². The topological polar surface area (TPSA) is 79.2 Å². The van der Waals surface area contributed by atoms with Gasteiger partial charge in [-0.25, -0.2) is 9.79 Å². The van der Waals surface area contributed by atoms with Crippen molar-refractivity contribution in [2.24, 2.45) is 4.99 Å². The predicted octanol–water partition coefficient (Wildman–Crippen LogP) is 4.19. The lowest BCUT2D eigenvalue weighted by molar-refractivity contribution is -0.121. The zero-order valence-electron chi connectivity index (χ0n) is 15.6. The van der Waals surface area contributed by atoms with Crippen LogP contribution in [0.4, 0.5) is 5.69 Å². The van der Waals surface area contributed by atoms with Crippen LogP contribution in [0, 0.1) is 0 Å². The Bertz CT molecular complexity index is 968. The van der Waals surface area contributed by atoms with E-state index < -0.39 is 5.97 Å². The number of carbonyl (C=O) groups excluding carboxylic acids is 2. The average molecular weight is 396 g/mol. The Morgan fingerprint density at radius 3 is 2.79 bits per heavy atom. The van der Waals surface area contributed by atoms with E-state index in [0.29, 0.717) is 27.9 Å². The van der Waals surface area contributed by atoms with Crippen molar-refractivity contribution in [1.29, 1.82) is 0 Å². The summed E-state index contributed by atoms with van der Waals surface area (Å²) in [4.78, 5) is 31.0. The molecule has 1 aliphatic heterocycles. The number of carbonyl (C=O) groups is 2. The van der Waals surface area contributed by atoms with Gasteiger partial charge in [-0.05, 0) is 60.2 Å². The minimum atomic E-state index is -0.392. The molecule has 1 N–H and O–H groups in total. The first-order chi connectivity index (χ1) is 13.5. The fourth-order valence-corrected chi connectivity index (χ4v) is 3.50. The van der Waals surface area contributed by atoms with E-state index in [-0.39, 0.29) is 11.7 Å². The smallest absolute Gasteiger partial charge is 0.338 e. The standard InChI is InChI=1S/C21H20N2O4S/c1-3-10-27-20(26)15-7-5-8-16(13-15)22-21-23(2)19(25)18(28-21)12-14-6-4-9-17(24)11-14/h4-9,11-13,24H,3,10H2,1-2H3/b18-12+,22-21?. The van der Waals surface area contributed by atoms with E-state index in [2.05, 4.69) is 4.99 Å². The number of aromatic hydroxyl groups is 1. The molecule has 6 nitrogen and oxygen atoms in total. The zero-order chi connectivity index (χ0) is 20.1. The van der Waals surface area contributed by atoms with Crippen LogP contribution in [0.25, 0.3) is 6.08 Å². The van der Waals surface area contributed by atoms with Crippen molar-refractivity contribution in [3.8, 4) is 5.75 Å². The van der Waals surface area contributed by atoms with E-state index in [1.54, 1.807) is 61.7 Å². The number of benzene rings is 2. The van der Waals surface area contributed by atoms with Crippen LogP contribution in [0.5, 0.6) is 5.75 Å². The van der Waals surface area contributed by atoms with Crippen LogP contribution >= 0.6 is 11.8 Å². The zero-order valence-corrected chi connectivity index (χ0v) is 16.4. The highest BCUT2D eigenvalue weighted by Gasteiger charge is 2.30.